The molecule has 0 fully saturated rings. The normalized spacial score (nSPS) is 16.0. The van der Waals surface area contributed by atoms with Crippen LogP contribution in [0.15, 0.2) is 42.5 Å². The van der Waals surface area contributed by atoms with Gasteiger partial charge in [-0.05, 0) is 36.8 Å². The van der Waals surface area contributed by atoms with E-state index in [1.165, 1.54) is 17.4 Å². The molecule has 8 heteroatoms. The Morgan fingerprint density at radius 3 is 2.90 bits per heavy atom. The number of carbonyl (C=O) groups is 1. The molecule has 1 aliphatic rings. The number of ether oxygens (including phenoxy) is 1. The summed E-state index contributed by atoms with van der Waals surface area (Å²) in [5, 5.41) is 8.18. The van der Waals surface area contributed by atoms with Crippen LogP contribution in [0.3, 0.4) is 0 Å². The predicted octanol–water partition coefficient (Wildman–Crippen LogP) is 4.41. The van der Waals surface area contributed by atoms with E-state index in [-0.39, 0.29) is 24.1 Å². The summed E-state index contributed by atoms with van der Waals surface area (Å²) >= 11 is 1.45. The highest BCUT2D eigenvalue weighted by molar-refractivity contribution is 7.20. The number of rotatable bonds is 3. The number of hydrogen-bond donors (Lipinski definition) is 1. The highest BCUT2D eigenvalue weighted by Gasteiger charge is 2.34. The van der Waals surface area contributed by atoms with Gasteiger partial charge in [-0.15, -0.1) is 0 Å². The molecule has 2 aromatic heterocycles. The van der Waals surface area contributed by atoms with Crippen molar-refractivity contribution < 1.29 is 13.9 Å². The molecule has 0 bridgehead atoms. The molecule has 1 amide bonds. The van der Waals surface area contributed by atoms with Crippen LogP contribution in [-0.4, -0.2) is 27.8 Å². The number of carbonyl (C=O) groups excluding carboxylic acids is 1. The van der Waals surface area contributed by atoms with Gasteiger partial charge in [-0.3, -0.25) is 4.79 Å². The van der Waals surface area contributed by atoms with Crippen molar-refractivity contribution >= 4 is 33.3 Å². The first-order valence-corrected chi connectivity index (χ1v) is 9.95. The fourth-order valence-corrected chi connectivity index (χ4v) is 4.77. The quantitative estimate of drug-likeness (QED) is 0.545. The zero-order valence-corrected chi connectivity index (χ0v) is 16.6. The van der Waals surface area contributed by atoms with Crippen LogP contribution < -0.4 is 10.1 Å². The number of amides is 1. The summed E-state index contributed by atoms with van der Waals surface area (Å²) < 4.78 is 22.4. The lowest BCUT2D eigenvalue weighted by molar-refractivity contribution is -0.116. The Labute approximate surface area is 170 Å². The number of aromatic nitrogens is 3. The first kappa shape index (κ1) is 17.8. The Hall–Kier alpha value is -3.26. The summed E-state index contributed by atoms with van der Waals surface area (Å²) in [5.41, 5.74) is 2.89. The third-order valence-electron chi connectivity index (χ3n) is 5.15. The molecule has 0 radical (unpaired) electrons. The van der Waals surface area contributed by atoms with Crippen molar-refractivity contribution in [2.24, 2.45) is 0 Å². The van der Waals surface area contributed by atoms with E-state index in [0.717, 1.165) is 27.2 Å². The minimum absolute atomic E-state index is 0.172. The van der Waals surface area contributed by atoms with Gasteiger partial charge < -0.3 is 10.1 Å². The van der Waals surface area contributed by atoms with Crippen molar-refractivity contribution in [1.29, 1.82) is 0 Å². The highest BCUT2D eigenvalue weighted by Crippen LogP contribution is 2.41. The van der Waals surface area contributed by atoms with Gasteiger partial charge in [0.05, 0.1) is 23.0 Å². The lowest BCUT2D eigenvalue weighted by Gasteiger charge is -2.24. The van der Waals surface area contributed by atoms with Crippen molar-refractivity contribution in [1.82, 2.24) is 14.8 Å². The Kier molecular flexibility index (Phi) is 4.09. The van der Waals surface area contributed by atoms with Crippen LogP contribution in [0.5, 0.6) is 5.75 Å². The van der Waals surface area contributed by atoms with E-state index in [1.807, 2.05) is 25.1 Å². The average molecular weight is 408 g/mol. The van der Waals surface area contributed by atoms with Crippen molar-refractivity contribution in [2.75, 3.05) is 12.4 Å². The van der Waals surface area contributed by atoms with E-state index in [4.69, 9.17) is 4.74 Å². The molecule has 0 aliphatic carbocycles. The molecule has 0 saturated carbocycles. The number of methoxy groups -OCH3 is 1. The second kappa shape index (κ2) is 6.66. The summed E-state index contributed by atoms with van der Waals surface area (Å²) in [6, 6.07) is 12.2. The molecule has 3 heterocycles. The van der Waals surface area contributed by atoms with E-state index in [1.54, 1.807) is 30.0 Å². The SMILES string of the molecule is COc1ccc2nc(-n3nc(C)c4c3NC(=O)C[C@H]4c3ccccc3F)sc2c1. The molecule has 1 N–H and O–H groups in total. The Balaban J connectivity index is 1.67. The summed E-state index contributed by atoms with van der Waals surface area (Å²) in [5.74, 6) is 0.424. The number of thiazole rings is 1. The maximum atomic E-state index is 14.5. The topological polar surface area (TPSA) is 69.0 Å². The molecule has 0 saturated heterocycles. The van der Waals surface area contributed by atoms with Crippen molar-refractivity contribution in [3.8, 4) is 10.9 Å². The number of halogens is 1. The Bertz CT molecular complexity index is 1260. The largest absolute Gasteiger partial charge is 0.497 e. The van der Waals surface area contributed by atoms with Gasteiger partial charge in [0.15, 0.2) is 0 Å². The van der Waals surface area contributed by atoms with Crippen LogP contribution >= 0.6 is 11.3 Å². The number of fused-ring (bicyclic) bond motifs is 2. The fourth-order valence-electron chi connectivity index (χ4n) is 3.82. The number of benzene rings is 2. The lowest BCUT2D eigenvalue weighted by Crippen LogP contribution is -2.25. The first-order valence-electron chi connectivity index (χ1n) is 9.14. The second-order valence-corrected chi connectivity index (χ2v) is 7.93. The molecule has 1 aliphatic heterocycles. The minimum Gasteiger partial charge on any atom is -0.497 e. The van der Waals surface area contributed by atoms with Crippen molar-refractivity contribution in [2.45, 2.75) is 19.3 Å². The molecule has 0 unspecified atom stereocenters. The molecule has 6 nitrogen and oxygen atoms in total. The third kappa shape index (κ3) is 2.87. The van der Waals surface area contributed by atoms with Crippen LogP contribution in [0.1, 0.15) is 29.2 Å². The average Bonchev–Trinajstić information content (AvgIpc) is 3.28. The summed E-state index contributed by atoms with van der Waals surface area (Å²) in [7, 11) is 1.62. The molecule has 0 spiro atoms. The molecule has 146 valence electrons. The van der Waals surface area contributed by atoms with Crippen LogP contribution in [-0.2, 0) is 4.79 Å². The van der Waals surface area contributed by atoms with E-state index in [2.05, 4.69) is 15.4 Å². The maximum absolute atomic E-state index is 14.5. The lowest BCUT2D eigenvalue weighted by atomic mass is 9.85. The zero-order chi connectivity index (χ0) is 20.1. The minimum atomic E-state index is -0.386. The smallest absolute Gasteiger partial charge is 0.226 e. The number of aryl methyl sites for hydroxylation is 1. The van der Waals surface area contributed by atoms with E-state index >= 15 is 0 Å². The van der Waals surface area contributed by atoms with Crippen LogP contribution in [0.2, 0.25) is 0 Å². The van der Waals surface area contributed by atoms with Gasteiger partial charge in [0.25, 0.3) is 0 Å². The molecular weight excluding hydrogens is 391 g/mol. The summed E-state index contributed by atoms with van der Waals surface area (Å²) in [6.07, 6.45) is 0.178. The number of anilines is 1. The molecule has 1 atom stereocenters. The van der Waals surface area contributed by atoms with Gasteiger partial charge in [0.1, 0.15) is 17.4 Å². The van der Waals surface area contributed by atoms with Gasteiger partial charge in [0.2, 0.25) is 11.0 Å². The number of nitrogens with one attached hydrogen (secondary N) is 1. The third-order valence-corrected chi connectivity index (χ3v) is 6.14. The standard InChI is InChI=1S/C21H17FN4O2S/c1-11-19-14(13-5-3-4-6-15(13)22)10-18(27)24-20(19)26(25-11)21-23-16-8-7-12(28-2)9-17(16)29-21/h3-9,14H,10H2,1-2H3,(H,24,27)/t14-/m0/s1. The molecular formula is C21H17FN4O2S. The summed E-state index contributed by atoms with van der Waals surface area (Å²) in [4.78, 5) is 17.1. The number of nitrogens with zero attached hydrogens (tertiary/aromatic N) is 3. The van der Waals surface area contributed by atoms with Gasteiger partial charge in [0, 0.05) is 17.9 Å². The number of hydrogen-bond acceptors (Lipinski definition) is 5. The molecule has 5 rings (SSSR count). The van der Waals surface area contributed by atoms with Gasteiger partial charge in [-0.1, -0.05) is 29.5 Å². The van der Waals surface area contributed by atoms with Crippen molar-refractivity contribution in [3.63, 3.8) is 0 Å². The summed E-state index contributed by atoms with van der Waals surface area (Å²) in [6.45, 7) is 1.87. The van der Waals surface area contributed by atoms with Gasteiger partial charge >= 0.3 is 0 Å². The van der Waals surface area contributed by atoms with E-state index in [0.29, 0.717) is 16.5 Å². The monoisotopic (exact) mass is 408 g/mol. The van der Waals surface area contributed by atoms with Crippen LogP contribution in [0, 0.1) is 12.7 Å². The van der Waals surface area contributed by atoms with Crippen LogP contribution in [0.25, 0.3) is 15.3 Å². The van der Waals surface area contributed by atoms with E-state index < -0.39 is 0 Å². The maximum Gasteiger partial charge on any atom is 0.226 e. The van der Waals surface area contributed by atoms with Crippen molar-refractivity contribution in [3.05, 3.63) is 65.1 Å². The molecule has 4 aromatic rings. The van der Waals surface area contributed by atoms with Crippen LogP contribution in [0.4, 0.5) is 10.2 Å². The van der Waals surface area contributed by atoms with Gasteiger partial charge in [-0.25, -0.2) is 9.37 Å². The first-order chi connectivity index (χ1) is 14.0. The second-order valence-electron chi connectivity index (χ2n) is 6.92. The predicted molar refractivity (Wildman–Crippen MR) is 110 cm³/mol. The Morgan fingerprint density at radius 2 is 2.10 bits per heavy atom. The highest BCUT2D eigenvalue weighted by atomic mass is 32.1. The molecule has 2 aromatic carbocycles. The fraction of sp³-hybridized carbons (Fsp3) is 0.190. The van der Waals surface area contributed by atoms with Gasteiger partial charge in [-0.2, -0.15) is 9.78 Å². The van der Waals surface area contributed by atoms with E-state index in [9.17, 15) is 9.18 Å². The zero-order valence-electron chi connectivity index (χ0n) is 15.8. The Morgan fingerprint density at radius 1 is 1.28 bits per heavy atom. The molecule has 29 heavy (non-hydrogen) atoms.